The Morgan fingerprint density at radius 1 is 1.30 bits per heavy atom. The van der Waals surface area contributed by atoms with Gasteiger partial charge in [0.05, 0.1) is 12.8 Å². The minimum atomic E-state index is -0.435. The number of carbonyl (C=O) groups excluding carboxylic acids is 2. The Hall–Kier alpha value is -1.92. The number of anilines is 1. The van der Waals surface area contributed by atoms with E-state index in [1.165, 1.54) is 18.4 Å². The highest BCUT2D eigenvalue weighted by molar-refractivity contribution is 7.21. The summed E-state index contributed by atoms with van der Waals surface area (Å²) in [6.07, 6.45) is 0.348. The number of hydrogen-bond acceptors (Lipinski definition) is 5. The van der Waals surface area contributed by atoms with Crippen molar-refractivity contribution in [2.45, 2.75) is 6.42 Å². The summed E-state index contributed by atoms with van der Waals surface area (Å²) >= 11 is 1.32. The lowest BCUT2D eigenvalue weighted by molar-refractivity contribution is -0.116. The van der Waals surface area contributed by atoms with E-state index in [-0.39, 0.29) is 5.91 Å². The Kier molecular flexibility index (Phi) is 4.70. The predicted molar refractivity (Wildman–Crippen MR) is 80.3 cm³/mol. The maximum atomic E-state index is 11.9. The second-order valence-electron chi connectivity index (χ2n) is 4.20. The molecule has 2 rings (SSSR count). The topological polar surface area (TPSA) is 67.4 Å². The lowest BCUT2D eigenvalue weighted by Gasteiger charge is -2.06. The van der Waals surface area contributed by atoms with Gasteiger partial charge in [-0.25, -0.2) is 4.79 Å². The molecule has 0 fully saturated rings. The molecular formula is C14H16N2O3S. The first-order valence-electron chi connectivity index (χ1n) is 6.21. The van der Waals surface area contributed by atoms with Crippen molar-refractivity contribution in [1.29, 1.82) is 0 Å². The third-order valence-corrected chi connectivity index (χ3v) is 3.98. The number of thiophene rings is 1. The molecule has 1 heterocycles. The lowest BCUT2D eigenvalue weighted by Crippen LogP contribution is -2.19. The second kappa shape index (κ2) is 6.49. The molecule has 0 saturated carbocycles. The van der Waals surface area contributed by atoms with Gasteiger partial charge in [0.1, 0.15) is 4.88 Å². The van der Waals surface area contributed by atoms with Gasteiger partial charge >= 0.3 is 5.97 Å². The van der Waals surface area contributed by atoms with Crippen molar-refractivity contribution in [2.24, 2.45) is 0 Å². The highest BCUT2D eigenvalue weighted by Crippen LogP contribution is 2.36. The van der Waals surface area contributed by atoms with Crippen LogP contribution in [0.25, 0.3) is 10.1 Å². The quantitative estimate of drug-likeness (QED) is 0.829. The average molecular weight is 292 g/mol. The number of hydrogen-bond donors (Lipinski definition) is 2. The van der Waals surface area contributed by atoms with E-state index in [0.29, 0.717) is 23.5 Å². The highest BCUT2D eigenvalue weighted by Gasteiger charge is 2.20. The molecule has 1 amide bonds. The van der Waals surface area contributed by atoms with E-state index < -0.39 is 5.97 Å². The molecule has 0 aliphatic carbocycles. The van der Waals surface area contributed by atoms with Crippen LogP contribution < -0.4 is 10.6 Å². The summed E-state index contributed by atoms with van der Waals surface area (Å²) in [6, 6.07) is 7.56. The minimum absolute atomic E-state index is 0.131. The molecule has 6 heteroatoms. The summed E-state index contributed by atoms with van der Waals surface area (Å²) in [5, 5.41) is 6.59. The van der Waals surface area contributed by atoms with Crippen molar-refractivity contribution in [3.05, 3.63) is 29.1 Å². The molecule has 20 heavy (non-hydrogen) atoms. The van der Waals surface area contributed by atoms with Crippen molar-refractivity contribution < 1.29 is 14.3 Å². The molecule has 0 saturated heterocycles. The molecule has 0 radical (unpaired) electrons. The van der Waals surface area contributed by atoms with Gasteiger partial charge in [-0.1, -0.05) is 18.2 Å². The fraction of sp³-hybridized carbons (Fsp3) is 0.286. The molecule has 0 aliphatic rings. The third kappa shape index (κ3) is 2.97. The summed E-state index contributed by atoms with van der Waals surface area (Å²) in [7, 11) is 3.12. The Balaban J connectivity index is 2.38. The smallest absolute Gasteiger partial charge is 0.350 e. The molecule has 0 unspecified atom stereocenters. The van der Waals surface area contributed by atoms with Crippen LogP contribution >= 0.6 is 11.3 Å². The van der Waals surface area contributed by atoms with Gasteiger partial charge in [0.25, 0.3) is 0 Å². The van der Waals surface area contributed by atoms with Crippen LogP contribution in [0, 0.1) is 0 Å². The van der Waals surface area contributed by atoms with Crippen molar-refractivity contribution in [3.63, 3.8) is 0 Å². The molecule has 0 atom stereocenters. The first-order chi connectivity index (χ1) is 9.67. The fourth-order valence-electron chi connectivity index (χ4n) is 1.85. The van der Waals surface area contributed by atoms with Crippen LogP contribution in [0.15, 0.2) is 24.3 Å². The summed E-state index contributed by atoms with van der Waals surface area (Å²) in [5.41, 5.74) is 0.540. The van der Waals surface area contributed by atoms with Crippen LogP contribution in [0.4, 0.5) is 5.69 Å². The fourth-order valence-corrected chi connectivity index (χ4v) is 2.92. The van der Waals surface area contributed by atoms with Crippen LogP contribution in [0.2, 0.25) is 0 Å². The Bertz CT molecular complexity index is 636. The minimum Gasteiger partial charge on any atom is -0.465 e. The molecular weight excluding hydrogens is 276 g/mol. The van der Waals surface area contributed by atoms with Crippen molar-refractivity contribution >= 4 is 39.0 Å². The number of ether oxygens (including phenoxy) is 1. The highest BCUT2D eigenvalue weighted by atomic mass is 32.1. The molecule has 106 valence electrons. The normalized spacial score (nSPS) is 10.5. The van der Waals surface area contributed by atoms with E-state index in [1.54, 1.807) is 7.05 Å². The van der Waals surface area contributed by atoms with Crippen LogP contribution in [-0.2, 0) is 9.53 Å². The van der Waals surface area contributed by atoms with Crippen LogP contribution in [0.1, 0.15) is 16.1 Å². The van der Waals surface area contributed by atoms with E-state index in [1.807, 2.05) is 24.3 Å². The average Bonchev–Trinajstić information content (AvgIpc) is 2.83. The number of benzene rings is 1. The maximum absolute atomic E-state index is 11.9. The molecule has 0 aliphatic heterocycles. The zero-order chi connectivity index (χ0) is 14.5. The maximum Gasteiger partial charge on any atom is 0.350 e. The van der Waals surface area contributed by atoms with Gasteiger partial charge in [-0.2, -0.15) is 0 Å². The van der Waals surface area contributed by atoms with E-state index >= 15 is 0 Å². The summed E-state index contributed by atoms with van der Waals surface area (Å²) in [4.78, 5) is 24.1. The van der Waals surface area contributed by atoms with Crippen molar-refractivity contribution in [3.8, 4) is 0 Å². The third-order valence-electron chi connectivity index (χ3n) is 2.83. The van der Waals surface area contributed by atoms with Gasteiger partial charge in [0.2, 0.25) is 5.91 Å². The molecule has 0 spiro atoms. The first-order valence-corrected chi connectivity index (χ1v) is 7.03. The lowest BCUT2D eigenvalue weighted by atomic mass is 10.2. The number of amides is 1. The Morgan fingerprint density at radius 2 is 2.05 bits per heavy atom. The standard InChI is InChI=1S/C14H16N2O3S/c1-15-8-7-11(17)16-12-9-5-3-4-6-10(9)20-13(12)14(18)19-2/h3-6,15H,7-8H2,1-2H3,(H,16,17). The number of fused-ring (bicyclic) bond motifs is 1. The molecule has 2 N–H and O–H groups in total. The predicted octanol–water partition coefficient (Wildman–Crippen LogP) is 2.24. The molecule has 2 aromatic rings. The summed E-state index contributed by atoms with van der Waals surface area (Å²) < 4.78 is 5.72. The zero-order valence-electron chi connectivity index (χ0n) is 11.4. The Morgan fingerprint density at radius 3 is 2.75 bits per heavy atom. The van der Waals surface area contributed by atoms with Crippen LogP contribution in [0.5, 0.6) is 0 Å². The number of nitrogens with one attached hydrogen (secondary N) is 2. The molecule has 1 aromatic heterocycles. The largest absolute Gasteiger partial charge is 0.465 e. The van der Waals surface area contributed by atoms with Crippen LogP contribution in [0.3, 0.4) is 0 Å². The van der Waals surface area contributed by atoms with Gasteiger partial charge in [0, 0.05) is 23.1 Å². The Labute approximate surface area is 120 Å². The van der Waals surface area contributed by atoms with E-state index in [4.69, 9.17) is 4.74 Å². The second-order valence-corrected chi connectivity index (χ2v) is 5.25. The van der Waals surface area contributed by atoms with Gasteiger partial charge in [-0.3, -0.25) is 4.79 Å². The van der Waals surface area contributed by atoms with Crippen molar-refractivity contribution in [1.82, 2.24) is 5.32 Å². The zero-order valence-corrected chi connectivity index (χ0v) is 12.2. The van der Waals surface area contributed by atoms with Gasteiger partial charge in [-0.05, 0) is 13.1 Å². The number of esters is 1. The van der Waals surface area contributed by atoms with E-state index in [0.717, 1.165) is 10.1 Å². The number of carbonyl (C=O) groups is 2. The monoisotopic (exact) mass is 292 g/mol. The molecule has 0 bridgehead atoms. The molecule has 5 nitrogen and oxygen atoms in total. The first kappa shape index (κ1) is 14.5. The number of rotatable bonds is 5. The van der Waals surface area contributed by atoms with Gasteiger partial charge < -0.3 is 15.4 Å². The van der Waals surface area contributed by atoms with E-state index in [9.17, 15) is 9.59 Å². The SMILES string of the molecule is CNCCC(=O)Nc1c(C(=O)OC)sc2ccccc12. The number of methoxy groups -OCH3 is 1. The van der Waals surface area contributed by atoms with Gasteiger partial charge in [-0.15, -0.1) is 11.3 Å². The van der Waals surface area contributed by atoms with Crippen molar-refractivity contribution in [2.75, 3.05) is 26.0 Å². The van der Waals surface area contributed by atoms with Gasteiger partial charge in [0.15, 0.2) is 0 Å². The summed E-state index contributed by atoms with van der Waals surface area (Å²) in [5.74, 6) is -0.567. The van der Waals surface area contributed by atoms with E-state index in [2.05, 4.69) is 10.6 Å². The van der Waals surface area contributed by atoms with Crippen LogP contribution in [-0.4, -0.2) is 32.6 Å². The molecule has 1 aromatic carbocycles. The summed E-state index contributed by atoms with van der Waals surface area (Å²) in [6.45, 7) is 0.585.